The SMILES string of the molecule is CCn1ccnc1CNc1cc(Cl)ccc1Br. The minimum atomic E-state index is 0.680. The molecular weight excluding hydrogens is 302 g/mol. The second-order valence-electron chi connectivity index (χ2n) is 3.61. The van der Waals surface area contributed by atoms with E-state index in [0.717, 1.165) is 27.6 Å². The normalized spacial score (nSPS) is 10.5. The lowest BCUT2D eigenvalue weighted by Crippen LogP contribution is -2.07. The van der Waals surface area contributed by atoms with E-state index < -0.39 is 0 Å². The number of aromatic nitrogens is 2. The second kappa shape index (κ2) is 5.56. The van der Waals surface area contributed by atoms with Crippen LogP contribution in [0.4, 0.5) is 5.69 Å². The van der Waals surface area contributed by atoms with E-state index in [1.807, 2.05) is 30.6 Å². The van der Waals surface area contributed by atoms with Crippen LogP contribution in [0.5, 0.6) is 0 Å². The van der Waals surface area contributed by atoms with Gasteiger partial charge < -0.3 is 9.88 Å². The molecular formula is C12H13BrClN3. The summed E-state index contributed by atoms with van der Waals surface area (Å²) in [5.41, 5.74) is 0.975. The lowest BCUT2D eigenvalue weighted by atomic mass is 10.3. The van der Waals surface area contributed by atoms with Gasteiger partial charge in [-0.15, -0.1) is 0 Å². The van der Waals surface area contributed by atoms with Gasteiger partial charge in [0.25, 0.3) is 0 Å². The Bertz CT molecular complexity index is 510. The van der Waals surface area contributed by atoms with Crippen LogP contribution in [-0.2, 0) is 13.1 Å². The number of imidazole rings is 1. The van der Waals surface area contributed by atoms with Crippen molar-refractivity contribution in [3.63, 3.8) is 0 Å². The van der Waals surface area contributed by atoms with Gasteiger partial charge in [-0.05, 0) is 41.1 Å². The summed E-state index contributed by atoms with van der Waals surface area (Å²) < 4.78 is 3.10. The molecule has 0 aliphatic heterocycles. The first-order chi connectivity index (χ1) is 8.20. The molecule has 0 aliphatic rings. The summed E-state index contributed by atoms with van der Waals surface area (Å²) in [6.45, 7) is 3.70. The van der Waals surface area contributed by atoms with Gasteiger partial charge in [-0.2, -0.15) is 0 Å². The summed E-state index contributed by atoms with van der Waals surface area (Å²) in [5, 5.41) is 4.03. The summed E-state index contributed by atoms with van der Waals surface area (Å²) in [5.74, 6) is 1.01. The van der Waals surface area contributed by atoms with Gasteiger partial charge >= 0.3 is 0 Å². The highest BCUT2D eigenvalue weighted by atomic mass is 79.9. The molecule has 0 unspecified atom stereocenters. The van der Waals surface area contributed by atoms with Crippen LogP contribution in [0.3, 0.4) is 0 Å². The summed E-state index contributed by atoms with van der Waals surface area (Å²) in [7, 11) is 0. The fourth-order valence-electron chi connectivity index (χ4n) is 1.60. The Kier molecular flexibility index (Phi) is 4.07. The zero-order chi connectivity index (χ0) is 12.3. The molecule has 90 valence electrons. The zero-order valence-electron chi connectivity index (χ0n) is 9.45. The summed E-state index contributed by atoms with van der Waals surface area (Å²) in [6, 6.07) is 5.67. The third-order valence-electron chi connectivity index (χ3n) is 2.51. The number of aryl methyl sites for hydroxylation is 1. The molecule has 1 N–H and O–H groups in total. The molecule has 1 heterocycles. The minimum Gasteiger partial charge on any atom is -0.377 e. The molecule has 0 bridgehead atoms. The molecule has 0 radical (unpaired) electrons. The maximum atomic E-state index is 5.95. The van der Waals surface area contributed by atoms with E-state index in [-0.39, 0.29) is 0 Å². The Morgan fingerprint density at radius 2 is 2.29 bits per heavy atom. The maximum absolute atomic E-state index is 5.95. The fourth-order valence-corrected chi connectivity index (χ4v) is 2.16. The third-order valence-corrected chi connectivity index (χ3v) is 3.43. The van der Waals surface area contributed by atoms with Gasteiger partial charge in [0.05, 0.1) is 12.2 Å². The first-order valence-corrected chi connectivity index (χ1v) is 6.56. The van der Waals surface area contributed by atoms with E-state index in [0.29, 0.717) is 6.54 Å². The van der Waals surface area contributed by atoms with Crippen LogP contribution < -0.4 is 5.32 Å². The predicted octanol–water partition coefficient (Wildman–Crippen LogP) is 3.93. The molecule has 1 aromatic carbocycles. The van der Waals surface area contributed by atoms with Crippen LogP contribution in [-0.4, -0.2) is 9.55 Å². The second-order valence-corrected chi connectivity index (χ2v) is 4.90. The first kappa shape index (κ1) is 12.5. The molecule has 0 aliphatic carbocycles. The monoisotopic (exact) mass is 313 g/mol. The number of benzene rings is 1. The highest BCUT2D eigenvalue weighted by Gasteiger charge is 2.03. The molecule has 0 atom stereocenters. The highest BCUT2D eigenvalue weighted by molar-refractivity contribution is 9.10. The highest BCUT2D eigenvalue weighted by Crippen LogP contribution is 2.26. The van der Waals surface area contributed by atoms with E-state index in [1.54, 1.807) is 0 Å². The molecule has 17 heavy (non-hydrogen) atoms. The predicted molar refractivity (Wildman–Crippen MR) is 74.4 cm³/mol. The topological polar surface area (TPSA) is 29.9 Å². The van der Waals surface area contributed by atoms with Crippen LogP contribution in [0.1, 0.15) is 12.7 Å². The van der Waals surface area contributed by atoms with Crippen molar-refractivity contribution < 1.29 is 0 Å². The molecule has 3 nitrogen and oxygen atoms in total. The summed E-state index contributed by atoms with van der Waals surface area (Å²) >= 11 is 9.44. The fraction of sp³-hybridized carbons (Fsp3) is 0.250. The number of nitrogens with one attached hydrogen (secondary N) is 1. The molecule has 1 aromatic heterocycles. The Labute approximate surface area is 114 Å². The average molecular weight is 315 g/mol. The van der Waals surface area contributed by atoms with Gasteiger partial charge in [0.15, 0.2) is 0 Å². The molecule has 0 saturated heterocycles. The number of hydrogen-bond donors (Lipinski definition) is 1. The van der Waals surface area contributed by atoms with Crippen molar-refractivity contribution in [1.82, 2.24) is 9.55 Å². The van der Waals surface area contributed by atoms with Crippen molar-refractivity contribution in [2.75, 3.05) is 5.32 Å². The molecule has 2 aromatic rings. The number of hydrogen-bond acceptors (Lipinski definition) is 2. The van der Waals surface area contributed by atoms with Gasteiger partial charge in [-0.3, -0.25) is 0 Å². The third kappa shape index (κ3) is 3.01. The van der Waals surface area contributed by atoms with E-state index in [2.05, 4.69) is 37.7 Å². The van der Waals surface area contributed by atoms with Crippen molar-refractivity contribution in [1.29, 1.82) is 0 Å². The molecule has 0 fully saturated rings. The molecule has 5 heteroatoms. The number of anilines is 1. The molecule has 0 spiro atoms. The smallest absolute Gasteiger partial charge is 0.128 e. The lowest BCUT2D eigenvalue weighted by molar-refractivity contribution is 0.708. The van der Waals surface area contributed by atoms with Crippen LogP contribution in [0.15, 0.2) is 35.1 Å². The van der Waals surface area contributed by atoms with Crippen molar-refractivity contribution in [2.24, 2.45) is 0 Å². The number of nitrogens with zero attached hydrogens (tertiary/aromatic N) is 2. The minimum absolute atomic E-state index is 0.680. The molecule has 0 amide bonds. The van der Waals surface area contributed by atoms with E-state index in [1.165, 1.54) is 0 Å². The van der Waals surface area contributed by atoms with Crippen LogP contribution >= 0.6 is 27.5 Å². The van der Waals surface area contributed by atoms with Gasteiger partial charge in [0, 0.05) is 28.4 Å². The summed E-state index contributed by atoms with van der Waals surface area (Å²) in [6.07, 6.45) is 3.79. The Hall–Kier alpha value is -1.000. The van der Waals surface area contributed by atoms with Crippen molar-refractivity contribution in [3.8, 4) is 0 Å². The van der Waals surface area contributed by atoms with Crippen molar-refractivity contribution in [2.45, 2.75) is 20.0 Å². The standard InChI is InChI=1S/C12H13BrClN3/c1-2-17-6-5-15-12(17)8-16-11-7-9(14)3-4-10(11)13/h3-7,16H,2,8H2,1H3. The van der Waals surface area contributed by atoms with E-state index in [4.69, 9.17) is 11.6 Å². The van der Waals surface area contributed by atoms with E-state index in [9.17, 15) is 0 Å². The lowest BCUT2D eigenvalue weighted by Gasteiger charge is -2.09. The quantitative estimate of drug-likeness (QED) is 0.926. The van der Waals surface area contributed by atoms with Crippen molar-refractivity contribution in [3.05, 3.63) is 45.9 Å². The first-order valence-electron chi connectivity index (χ1n) is 5.39. The Morgan fingerprint density at radius 1 is 1.47 bits per heavy atom. The van der Waals surface area contributed by atoms with Gasteiger partial charge in [-0.1, -0.05) is 11.6 Å². The number of rotatable bonds is 4. The molecule has 2 rings (SSSR count). The number of halogens is 2. The van der Waals surface area contributed by atoms with Gasteiger partial charge in [0.1, 0.15) is 5.82 Å². The van der Waals surface area contributed by atoms with Crippen LogP contribution in [0.2, 0.25) is 5.02 Å². The zero-order valence-corrected chi connectivity index (χ0v) is 11.8. The maximum Gasteiger partial charge on any atom is 0.128 e. The van der Waals surface area contributed by atoms with Crippen molar-refractivity contribution >= 4 is 33.2 Å². The molecule has 0 saturated carbocycles. The van der Waals surface area contributed by atoms with Crippen LogP contribution in [0.25, 0.3) is 0 Å². The van der Waals surface area contributed by atoms with Gasteiger partial charge in [-0.25, -0.2) is 4.98 Å². The van der Waals surface area contributed by atoms with E-state index >= 15 is 0 Å². The Morgan fingerprint density at radius 3 is 3.06 bits per heavy atom. The Balaban J connectivity index is 2.09. The summed E-state index contributed by atoms with van der Waals surface area (Å²) in [4.78, 5) is 4.31. The average Bonchev–Trinajstić information content (AvgIpc) is 2.77. The largest absolute Gasteiger partial charge is 0.377 e. The van der Waals surface area contributed by atoms with Gasteiger partial charge in [0.2, 0.25) is 0 Å². The van der Waals surface area contributed by atoms with Crippen LogP contribution in [0, 0.1) is 0 Å².